The third-order valence-corrected chi connectivity index (χ3v) is 3.70. The Labute approximate surface area is 99.7 Å². The molecule has 4 nitrogen and oxygen atoms in total. The first kappa shape index (κ1) is 13.9. The van der Waals surface area contributed by atoms with Crippen LogP contribution in [0.3, 0.4) is 0 Å². The van der Waals surface area contributed by atoms with Crippen molar-refractivity contribution in [3.63, 3.8) is 0 Å². The zero-order valence-corrected chi connectivity index (χ0v) is 11.2. The van der Waals surface area contributed by atoms with Crippen LogP contribution in [0.1, 0.15) is 20.8 Å². The molecule has 2 N–H and O–H groups in total. The molecule has 0 aliphatic carbocycles. The summed E-state index contributed by atoms with van der Waals surface area (Å²) in [7, 11) is 1.77. The molecule has 0 amide bonds. The number of piperazine rings is 1. The van der Waals surface area contributed by atoms with Gasteiger partial charge >= 0.3 is 0 Å². The van der Waals surface area contributed by atoms with Crippen LogP contribution in [0.25, 0.3) is 0 Å². The van der Waals surface area contributed by atoms with Crippen LogP contribution in [0, 0.1) is 0 Å². The second-order valence-corrected chi connectivity index (χ2v) is 5.34. The Bertz CT molecular complexity index is 200. The zero-order chi connectivity index (χ0) is 12.2. The summed E-state index contributed by atoms with van der Waals surface area (Å²) >= 11 is 0. The van der Waals surface area contributed by atoms with Crippen LogP contribution in [0.4, 0.5) is 0 Å². The van der Waals surface area contributed by atoms with Gasteiger partial charge in [0.15, 0.2) is 0 Å². The Kier molecular flexibility index (Phi) is 5.18. The molecular formula is C12H27N3O. The van der Waals surface area contributed by atoms with Gasteiger partial charge in [-0.05, 0) is 20.8 Å². The van der Waals surface area contributed by atoms with Gasteiger partial charge in [-0.3, -0.25) is 9.80 Å². The SMILES string of the molecule is COCC(C)N1CCN(C(C)(C)CN)CC1. The summed E-state index contributed by atoms with van der Waals surface area (Å²) in [5.41, 5.74) is 5.94. The molecular weight excluding hydrogens is 202 g/mol. The minimum Gasteiger partial charge on any atom is -0.383 e. The third kappa shape index (κ3) is 3.42. The fraction of sp³-hybridized carbons (Fsp3) is 1.00. The van der Waals surface area contributed by atoms with Gasteiger partial charge in [0.1, 0.15) is 0 Å². The Morgan fingerprint density at radius 1 is 1.25 bits per heavy atom. The van der Waals surface area contributed by atoms with Crippen molar-refractivity contribution >= 4 is 0 Å². The number of ether oxygens (including phenoxy) is 1. The molecule has 1 heterocycles. The molecule has 1 aliphatic heterocycles. The van der Waals surface area contributed by atoms with E-state index in [2.05, 4.69) is 30.6 Å². The lowest BCUT2D eigenvalue weighted by molar-refractivity contribution is 0.0210. The maximum absolute atomic E-state index is 5.80. The summed E-state index contributed by atoms with van der Waals surface area (Å²) in [5, 5.41) is 0. The van der Waals surface area contributed by atoms with Gasteiger partial charge in [0, 0.05) is 51.4 Å². The number of hydrogen-bond acceptors (Lipinski definition) is 4. The van der Waals surface area contributed by atoms with Gasteiger partial charge in [-0.25, -0.2) is 0 Å². The van der Waals surface area contributed by atoms with E-state index in [0.717, 1.165) is 39.3 Å². The van der Waals surface area contributed by atoms with Crippen LogP contribution >= 0.6 is 0 Å². The van der Waals surface area contributed by atoms with Crippen molar-refractivity contribution in [2.75, 3.05) is 46.4 Å². The van der Waals surface area contributed by atoms with Gasteiger partial charge in [-0.15, -0.1) is 0 Å². The highest BCUT2D eigenvalue weighted by Crippen LogP contribution is 2.16. The van der Waals surface area contributed by atoms with Crippen LogP contribution in [0.5, 0.6) is 0 Å². The average molecular weight is 229 g/mol. The number of nitrogens with zero attached hydrogens (tertiary/aromatic N) is 2. The quantitative estimate of drug-likeness (QED) is 0.740. The molecule has 1 unspecified atom stereocenters. The minimum atomic E-state index is 0.136. The molecule has 0 saturated carbocycles. The molecule has 0 aromatic rings. The highest BCUT2D eigenvalue weighted by molar-refractivity contribution is 4.87. The van der Waals surface area contributed by atoms with E-state index >= 15 is 0 Å². The largest absolute Gasteiger partial charge is 0.383 e. The number of hydrogen-bond donors (Lipinski definition) is 1. The van der Waals surface area contributed by atoms with Crippen LogP contribution in [-0.4, -0.2) is 67.8 Å². The second kappa shape index (κ2) is 5.96. The molecule has 1 atom stereocenters. The molecule has 1 rings (SSSR count). The van der Waals surface area contributed by atoms with E-state index in [0.29, 0.717) is 6.04 Å². The first-order valence-electron chi connectivity index (χ1n) is 6.19. The lowest BCUT2D eigenvalue weighted by atomic mass is 10.0. The van der Waals surface area contributed by atoms with Gasteiger partial charge < -0.3 is 10.5 Å². The first-order chi connectivity index (χ1) is 7.51. The van der Waals surface area contributed by atoms with E-state index in [9.17, 15) is 0 Å². The lowest BCUT2D eigenvalue weighted by Gasteiger charge is -2.45. The summed E-state index contributed by atoms with van der Waals surface area (Å²) in [4.78, 5) is 4.98. The Hall–Kier alpha value is -0.160. The van der Waals surface area contributed by atoms with Gasteiger partial charge in [0.2, 0.25) is 0 Å². The fourth-order valence-corrected chi connectivity index (χ4v) is 2.24. The Balaban J connectivity index is 2.39. The van der Waals surface area contributed by atoms with Crippen molar-refractivity contribution in [2.24, 2.45) is 5.73 Å². The molecule has 0 bridgehead atoms. The average Bonchev–Trinajstić information content (AvgIpc) is 2.29. The molecule has 1 saturated heterocycles. The molecule has 1 aliphatic rings. The predicted molar refractivity (Wildman–Crippen MR) is 67.6 cm³/mol. The van der Waals surface area contributed by atoms with Gasteiger partial charge in [0.05, 0.1) is 6.61 Å². The van der Waals surface area contributed by atoms with Crippen LogP contribution in [0.15, 0.2) is 0 Å². The molecule has 0 aromatic heterocycles. The summed E-state index contributed by atoms with van der Waals surface area (Å²) in [5.74, 6) is 0. The third-order valence-electron chi connectivity index (χ3n) is 3.70. The molecule has 96 valence electrons. The van der Waals surface area contributed by atoms with Crippen molar-refractivity contribution in [1.29, 1.82) is 0 Å². The predicted octanol–water partition coefficient (Wildman–Crippen LogP) is 0.376. The van der Waals surface area contributed by atoms with E-state index in [-0.39, 0.29) is 5.54 Å². The van der Waals surface area contributed by atoms with E-state index in [1.807, 2.05) is 0 Å². The van der Waals surface area contributed by atoms with E-state index in [1.54, 1.807) is 7.11 Å². The first-order valence-corrected chi connectivity index (χ1v) is 6.19. The molecule has 0 spiro atoms. The summed E-state index contributed by atoms with van der Waals surface area (Å²) in [6.45, 7) is 12.7. The van der Waals surface area contributed by atoms with E-state index in [1.165, 1.54) is 0 Å². The maximum atomic E-state index is 5.80. The highest BCUT2D eigenvalue weighted by atomic mass is 16.5. The normalized spacial score (nSPS) is 22.3. The monoisotopic (exact) mass is 229 g/mol. The molecule has 4 heteroatoms. The maximum Gasteiger partial charge on any atom is 0.0615 e. The van der Waals surface area contributed by atoms with Gasteiger partial charge in [0.25, 0.3) is 0 Å². The standard InChI is InChI=1S/C12H27N3O/c1-11(9-16-4)14-5-7-15(8-6-14)12(2,3)10-13/h11H,5-10,13H2,1-4H3. The van der Waals surface area contributed by atoms with Gasteiger partial charge in [-0.1, -0.05) is 0 Å². The van der Waals surface area contributed by atoms with Crippen molar-refractivity contribution < 1.29 is 4.74 Å². The number of methoxy groups -OCH3 is 1. The zero-order valence-electron chi connectivity index (χ0n) is 11.2. The minimum absolute atomic E-state index is 0.136. The molecule has 1 fully saturated rings. The van der Waals surface area contributed by atoms with Crippen molar-refractivity contribution in [3.05, 3.63) is 0 Å². The van der Waals surface area contributed by atoms with Gasteiger partial charge in [-0.2, -0.15) is 0 Å². The van der Waals surface area contributed by atoms with E-state index < -0.39 is 0 Å². The summed E-state index contributed by atoms with van der Waals surface area (Å²) in [6, 6.07) is 0.521. The molecule has 16 heavy (non-hydrogen) atoms. The van der Waals surface area contributed by atoms with E-state index in [4.69, 9.17) is 10.5 Å². The summed E-state index contributed by atoms with van der Waals surface area (Å²) < 4.78 is 5.20. The van der Waals surface area contributed by atoms with Crippen LogP contribution in [-0.2, 0) is 4.74 Å². The Morgan fingerprint density at radius 2 is 1.81 bits per heavy atom. The van der Waals surface area contributed by atoms with Crippen LogP contribution in [0.2, 0.25) is 0 Å². The van der Waals surface area contributed by atoms with Crippen molar-refractivity contribution in [3.8, 4) is 0 Å². The van der Waals surface area contributed by atoms with Crippen molar-refractivity contribution in [1.82, 2.24) is 9.80 Å². The lowest BCUT2D eigenvalue weighted by Crippen LogP contribution is -2.58. The molecule has 0 aromatic carbocycles. The fourth-order valence-electron chi connectivity index (χ4n) is 2.24. The van der Waals surface area contributed by atoms with Crippen molar-refractivity contribution in [2.45, 2.75) is 32.4 Å². The van der Waals surface area contributed by atoms with Crippen LogP contribution < -0.4 is 5.73 Å². The smallest absolute Gasteiger partial charge is 0.0615 e. The highest BCUT2D eigenvalue weighted by Gasteiger charge is 2.29. The summed E-state index contributed by atoms with van der Waals surface area (Å²) in [6.07, 6.45) is 0. The Morgan fingerprint density at radius 3 is 2.25 bits per heavy atom. The topological polar surface area (TPSA) is 41.7 Å². The second-order valence-electron chi connectivity index (χ2n) is 5.34. The molecule has 0 radical (unpaired) electrons. The number of nitrogens with two attached hydrogens (primary N) is 1. The number of rotatable bonds is 5.